The minimum atomic E-state index is -3.55. The minimum Gasteiger partial charge on any atom is -0.368 e. The molecule has 0 unspecified atom stereocenters. The smallest absolute Gasteiger partial charge is 0.271 e. The van der Waals surface area contributed by atoms with Crippen molar-refractivity contribution >= 4 is 43.5 Å². The van der Waals surface area contributed by atoms with E-state index in [9.17, 15) is 8.42 Å². The Balaban J connectivity index is 1.76. The third kappa shape index (κ3) is 3.22. The topological polar surface area (TPSA) is 61.4 Å². The Morgan fingerprint density at radius 1 is 0.960 bits per heavy atom. The quantitative estimate of drug-likeness (QED) is 0.738. The SMILES string of the molecule is O=S(=O)(Nc1ccc(N2CCNCC2)c2ccccc12)c1cccs1. The largest absolute Gasteiger partial charge is 0.368 e. The summed E-state index contributed by atoms with van der Waals surface area (Å²) in [5.74, 6) is 0. The van der Waals surface area contributed by atoms with Gasteiger partial charge in [0.05, 0.1) is 5.69 Å². The summed E-state index contributed by atoms with van der Waals surface area (Å²) in [5.41, 5.74) is 1.76. The van der Waals surface area contributed by atoms with Gasteiger partial charge in [-0.2, -0.15) is 0 Å². The summed E-state index contributed by atoms with van der Waals surface area (Å²) >= 11 is 1.21. The molecule has 3 aromatic rings. The summed E-state index contributed by atoms with van der Waals surface area (Å²) in [5, 5.41) is 7.10. The standard InChI is InChI=1S/C18H19N3O2S2/c22-25(23,18-6-3-13-24-18)20-16-7-8-17(21-11-9-19-10-12-21)15-5-2-1-4-14(15)16/h1-8,13,19-20H,9-12H2. The van der Waals surface area contributed by atoms with Crippen LogP contribution in [0.4, 0.5) is 11.4 Å². The van der Waals surface area contributed by atoms with Crippen LogP contribution in [0.25, 0.3) is 10.8 Å². The molecule has 0 amide bonds. The van der Waals surface area contributed by atoms with E-state index in [1.807, 2.05) is 30.3 Å². The van der Waals surface area contributed by atoms with Crippen LogP contribution in [0.3, 0.4) is 0 Å². The van der Waals surface area contributed by atoms with E-state index >= 15 is 0 Å². The Morgan fingerprint density at radius 3 is 2.44 bits per heavy atom. The monoisotopic (exact) mass is 373 g/mol. The molecule has 0 saturated carbocycles. The van der Waals surface area contributed by atoms with Gasteiger partial charge in [-0.05, 0) is 23.6 Å². The van der Waals surface area contributed by atoms with Gasteiger partial charge in [-0.15, -0.1) is 11.3 Å². The van der Waals surface area contributed by atoms with Crippen LogP contribution in [0.1, 0.15) is 0 Å². The Bertz CT molecular complexity index is 979. The van der Waals surface area contributed by atoms with Crippen LogP contribution in [0.15, 0.2) is 58.1 Å². The highest BCUT2D eigenvalue weighted by molar-refractivity contribution is 7.94. The van der Waals surface area contributed by atoms with Crippen molar-refractivity contribution in [2.24, 2.45) is 0 Å². The molecular formula is C18H19N3O2S2. The Morgan fingerprint density at radius 2 is 1.72 bits per heavy atom. The third-order valence-corrected chi connectivity index (χ3v) is 7.13. The van der Waals surface area contributed by atoms with E-state index < -0.39 is 10.0 Å². The average molecular weight is 374 g/mol. The first-order chi connectivity index (χ1) is 12.1. The van der Waals surface area contributed by atoms with Gasteiger partial charge in [-0.1, -0.05) is 30.3 Å². The van der Waals surface area contributed by atoms with Gasteiger partial charge >= 0.3 is 0 Å². The van der Waals surface area contributed by atoms with Gasteiger partial charge in [0.1, 0.15) is 4.21 Å². The number of anilines is 2. The molecule has 1 aromatic heterocycles. The summed E-state index contributed by atoms with van der Waals surface area (Å²) in [6.07, 6.45) is 0. The molecule has 1 saturated heterocycles. The van der Waals surface area contributed by atoms with Gasteiger partial charge in [-0.25, -0.2) is 8.42 Å². The predicted octanol–water partition coefficient (Wildman–Crippen LogP) is 3.11. The average Bonchev–Trinajstić information content (AvgIpc) is 3.18. The van der Waals surface area contributed by atoms with Crippen LogP contribution in [0.2, 0.25) is 0 Å². The lowest BCUT2D eigenvalue weighted by molar-refractivity contribution is 0.590. The number of benzene rings is 2. The zero-order valence-electron chi connectivity index (χ0n) is 13.6. The van der Waals surface area contributed by atoms with E-state index in [0.717, 1.165) is 42.6 Å². The maximum Gasteiger partial charge on any atom is 0.271 e. The second-order valence-corrected chi connectivity index (χ2v) is 8.81. The van der Waals surface area contributed by atoms with E-state index in [0.29, 0.717) is 9.90 Å². The minimum absolute atomic E-state index is 0.322. The number of sulfonamides is 1. The molecule has 0 radical (unpaired) electrons. The fourth-order valence-corrected chi connectivity index (χ4v) is 5.24. The van der Waals surface area contributed by atoms with Crippen molar-refractivity contribution in [3.8, 4) is 0 Å². The lowest BCUT2D eigenvalue weighted by atomic mass is 10.1. The molecule has 25 heavy (non-hydrogen) atoms. The van der Waals surface area contributed by atoms with E-state index in [-0.39, 0.29) is 0 Å². The van der Waals surface area contributed by atoms with Crippen molar-refractivity contribution in [1.82, 2.24) is 5.32 Å². The molecule has 1 aliphatic rings. The molecule has 130 valence electrons. The lowest BCUT2D eigenvalue weighted by Crippen LogP contribution is -2.43. The Kier molecular flexibility index (Phi) is 4.37. The number of hydrogen-bond donors (Lipinski definition) is 2. The number of piperazine rings is 1. The second-order valence-electron chi connectivity index (χ2n) is 5.95. The van der Waals surface area contributed by atoms with Crippen LogP contribution < -0.4 is 14.9 Å². The Labute approximate surface area is 151 Å². The molecule has 4 rings (SSSR count). The molecule has 2 aromatic carbocycles. The molecule has 2 heterocycles. The van der Waals surface area contributed by atoms with Gasteiger partial charge < -0.3 is 10.2 Å². The molecule has 0 atom stereocenters. The number of nitrogens with one attached hydrogen (secondary N) is 2. The molecule has 5 nitrogen and oxygen atoms in total. The normalized spacial score (nSPS) is 15.4. The zero-order valence-corrected chi connectivity index (χ0v) is 15.2. The molecule has 7 heteroatoms. The number of fused-ring (bicyclic) bond motifs is 1. The van der Waals surface area contributed by atoms with E-state index in [2.05, 4.69) is 21.0 Å². The van der Waals surface area contributed by atoms with Gasteiger partial charge in [0.15, 0.2) is 0 Å². The third-order valence-electron chi connectivity index (χ3n) is 4.36. The summed E-state index contributed by atoms with van der Waals surface area (Å²) in [4.78, 5) is 2.34. The zero-order chi connectivity index (χ0) is 17.3. The molecule has 1 aliphatic heterocycles. The number of hydrogen-bond acceptors (Lipinski definition) is 5. The van der Waals surface area contributed by atoms with Crippen molar-refractivity contribution < 1.29 is 8.42 Å². The highest BCUT2D eigenvalue weighted by atomic mass is 32.2. The van der Waals surface area contributed by atoms with E-state index in [1.165, 1.54) is 11.3 Å². The van der Waals surface area contributed by atoms with Gasteiger partial charge in [0.2, 0.25) is 0 Å². The van der Waals surface area contributed by atoms with Gasteiger partial charge in [0, 0.05) is 42.6 Å². The fraction of sp³-hybridized carbons (Fsp3) is 0.222. The summed E-state index contributed by atoms with van der Waals surface area (Å²) < 4.78 is 28.2. The summed E-state index contributed by atoms with van der Waals surface area (Å²) in [6.45, 7) is 3.82. The first kappa shape index (κ1) is 16.4. The van der Waals surface area contributed by atoms with Crippen molar-refractivity contribution in [2.45, 2.75) is 4.21 Å². The lowest BCUT2D eigenvalue weighted by Gasteiger charge is -2.30. The van der Waals surface area contributed by atoms with Crippen molar-refractivity contribution in [1.29, 1.82) is 0 Å². The first-order valence-corrected chi connectivity index (χ1v) is 10.6. The van der Waals surface area contributed by atoms with Gasteiger partial charge in [0.25, 0.3) is 10.0 Å². The molecule has 0 aliphatic carbocycles. The fourth-order valence-electron chi connectivity index (χ4n) is 3.17. The number of thiophene rings is 1. The number of nitrogens with zero attached hydrogens (tertiary/aromatic N) is 1. The Hall–Kier alpha value is -2.09. The van der Waals surface area contributed by atoms with Crippen LogP contribution in [0, 0.1) is 0 Å². The van der Waals surface area contributed by atoms with Crippen molar-refractivity contribution in [3.05, 3.63) is 53.9 Å². The summed E-state index contributed by atoms with van der Waals surface area (Å²) in [6, 6.07) is 15.2. The predicted molar refractivity (Wildman–Crippen MR) is 104 cm³/mol. The molecule has 0 spiro atoms. The highest BCUT2D eigenvalue weighted by Gasteiger charge is 2.19. The maximum absolute atomic E-state index is 12.6. The van der Waals surface area contributed by atoms with E-state index in [1.54, 1.807) is 17.5 Å². The van der Waals surface area contributed by atoms with Crippen molar-refractivity contribution in [3.63, 3.8) is 0 Å². The molecular weight excluding hydrogens is 354 g/mol. The highest BCUT2D eigenvalue weighted by Crippen LogP contribution is 2.34. The second kappa shape index (κ2) is 6.67. The maximum atomic E-state index is 12.6. The number of rotatable bonds is 4. The summed E-state index contributed by atoms with van der Waals surface area (Å²) in [7, 11) is -3.55. The molecule has 1 fully saturated rings. The van der Waals surface area contributed by atoms with Gasteiger partial charge in [-0.3, -0.25) is 4.72 Å². The van der Waals surface area contributed by atoms with Crippen LogP contribution in [-0.2, 0) is 10.0 Å². The molecule has 2 N–H and O–H groups in total. The van der Waals surface area contributed by atoms with Crippen LogP contribution in [0.5, 0.6) is 0 Å². The van der Waals surface area contributed by atoms with Crippen LogP contribution in [-0.4, -0.2) is 34.6 Å². The molecule has 0 bridgehead atoms. The van der Waals surface area contributed by atoms with Crippen LogP contribution >= 0.6 is 11.3 Å². The van der Waals surface area contributed by atoms with Crippen molar-refractivity contribution in [2.75, 3.05) is 35.8 Å². The van der Waals surface area contributed by atoms with E-state index in [4.69, 9.17) is 0 Å². The first-order valence-electron chi connectivity index (χ1n) is 8.19.